The Morgan fingerprint density at radius 3 is 2.35 bits per heavy atom. The van der Waals surface area contributed by atoms with Gasteiger partial charge in [-0.05, 0) is 23.6 Å². The number of benzene rings is 2. The molecule has 1 atom stereocenters. The maximum atomic E-state index is 12.5. The first-order valence-electron chi connectivity index (χ1n) is 7.84. The number of nitrogens with zero attached hydrogens (tertiary/aromatic N) is 1. The molecule has 0 aliphatic heterocycles. The van der Waals surface area contributed by atoms with Gasteiger partial charge in [0.05, 0.1) is 5.69 Å². The third-order valence-electron chi connectivity index (χ3n) is 4.02. The van der Waals surface area contributed by atoms with Crippen molar-refractivity contribution in [2.24, 2.45) is 0 Å². The third-order valence-corrected chi connectivity index (χ3v) is 4.02. The molecule has 0 saturated carbocycles. The van der Waals surface area contributed by atoms with Crippen LogP contribution in [0.3, 0.4) is 0 Å². The van der Waals surface area contributed by atoms with Crippen molar-refractivity contribution in [3.05, 3.63) is 90.1 Å². The maximum absolute atomic E-state index is 12.5. The average Bonchev–Trinajstić information content (AvgIpc) is 2.63. The van der Waals surface area contributed by atoms with Crippen molar-refractivity contribution < 1.29 is 4.79 Å². The zero-order valence-corrected chi connectivity index (χ0v) is 13.1. The average molecular weight is 301 g/mol. The van der Waals surface area contributed by atoms with Crippen molar-refractivity contribution in [2.75, 3.05) is 0 Å². The van der Waals surface area contributed by atoms with Crippen LogP contribution in [0.2, 0.25) is 0 Å². The number of carbonyl (C=O) groups is 1. The smallest absolute Gasteiger partial charge is 0.163 e. The molecule has 1 unspecified atom stereocenters. The zero-order chi connectivity index (χ0) is 16.1. The summed E-state index contributed by atoms with van der Waals surface area (Å²) in [5.74, 6) is 0.315. The minimum absolute atomic E-state index is 0.140. The minimum Gasteiger partial charge on any atom is -0.294 e. The van der Waals surface area contributed by atoms with E-state index < -0.39 is 0 Å². The van der Waals surface area contributed by atoms with Crippen LogP contribution in [0, 0.1) is 0 Å². The van der Waals surface area contributed by atoms with Gasteiger partial charge >= 0.3 is 0 Å². The fraction of sp³-hybridized carbons (Fsp3) is 0.143. The van der Waals surface area contributed by atoms with E-state index in [9.17, 15) is 4.79 Å². The van der Waals surface area contributed by atoms with Gasteiger partial charge in [-0.3, -0.25) is 9.78 Å². The largest absolute Gasteiger partial charge is 0.294 e. The molecule has 0 fully saturated rings. The number of ketones is 1. The second-order valence-electron chi connectivity index (χ2n) is 5.70. The molecule has 23 heavy (non-hydrogen) atoms. The van der Waals surface area contributed by atoms with Crippen LogP contribution in [0.25, 0.3) is 11.3 Å². The molecule has 0 aliphatic carbocycles. The number of pyridine rings is 1. The second-order valence-corrected chi connectivity index (χ2v) is 5.70. The summed E-state index contributed by atoms with van der Waals surface area (Å²) in [4.78, 5) is 16.9. The van der Waals surface area contributed by atoms with Gasteiger partial charge in [-0.15, -0.1) is 0 Å². The molecule has 0 radical (unpaired) electrons. The number of Topliss-reactive ketones (excluding diaryl/α,β-unsaturated/α-hetero) is 1. The Balaban J connectivity index is 1.86. The Hall–Kier alpha value is -2.74. The number of carbonyl (C=O) groups excluding carboxylic acids is 1. The molecule has 0 N–H and O–H groups in total. The number of rotatable bonds is 5. The van der Waals surface area contributed by atoms with Crippen LogP contribution in [0.5, 0.6) is 0 Å². The van der Waals surface area contributed by atoms with Gasteiger partial charge < -0.3 is 0 Å². The highest BCUT2D eigenvalue weighted by Crippen LogP contribution is 2.30. The van der Waals surface area contributed by atoms with E-state index in [1.807, 2.05) is 60.7 Å². The van der Waals surface area contributed by atoms with Crippen LogP contribution in [0.15, 0.2) is 79.0 Å². The van der Waals surface area contributed by atoms with Crippen molar-refractivity contribution in [3.63, 3.8) is 0 Å². The fourth-order valence-corrected chi connectivity index (χ4v) is 2.81. The van der Waals surface area contributed by atoms with Crippen LogP contribution in [-0.4, -0.2) is 10.8 Å². The summed E-state index contributed by atoms with van der Waals surface area (Å²) in [6.07, 6.45) is 2.29. The van der Waals surface area contributed by atoms with Gasteiger partial charge in [-0.25, -0.2) is 0 Å². The molecule has 2 heteroatoms. The SMILES string of the molecule is CC(CC(=O)c1ccccc1)c1ccccc1-c1ccccn1. The van der Waals surface area contributed by atoms with Gasteiger partial charge in [0.1, 0.15) is 0 Å². The first kappa shape index (κ1) is 15.2. The van der Waals surface area contributed by atoms with Crippen LogP contribution >= 0.6 is 0 Å². The van der Waals surface area contributed by atoms with E-state index in [0.29, 0.717) is 6.42 Å². The van der Waals surface area contributed by atoms with E-state index in [1.54, 1.807) is 6.20 Å². The van der Waals surface area contributed by atoms with E-state index >= 15 is 0 Å². The zero-order valence-electron chi connectivity index (χ0n) is 13.1. The van der Waals surface area contributed by atoms with E-state index in [4.69, 9.17) is 0 Å². The number of hydrogen-bond acceptors (Lipinski definition) is 2. The monoisotopic (exact) mass is 301 g/mol. The molecular weight excluding hydrogens is 282 g/mol. The highest BCUT2D eigenvalue weighted by atomic mass is 16.1. The lowest BCUT2D eigenvalue weighted by molar-refractivity contribution is 0.0975. The molecule has 0 aliphatic rings. The molecule has 114 valence electrons. The fourth-order valence-electron chi connectivity index (χ4n) is 2.81. The lowest BCUT2D eigenvalue weighted by Crippen LogP contribution is -2.06. The van der Waals surface area contributed by atoms with Crippen molar-refractivity contribution in [1.82, 2.24) is 4.98 Å². The van der Waals surface area contributed by atoms with Crippen molar-refractivity contribution in [2.45, 2.75) is 19.3 Å². The molecule has 2 nitrogen and oxygen atoms in total. The van der Waals surface area contributed by atoms with Crippen molar-refractivity contribution >= 4 is 5.78 Å². The quantitative estimate of drug-likeness (QED) is 0.612. The van der Waals surface area contributed by atoms with Gasteiger partial charge in [0.15, 0.2) is 5.78 Å². The molecule has 1 aromatic heterocycles. The highest BCUT2D eigenvalue weighted by Gasteiger charge is 2.16. The first-order valence-corrected chi connectivity index (χ1v) is 7.84. The Kier molecular flexibility index (Phi) is 4.62. The number of aromatic nitrogens is 1. The van der Waals surface area contributed by atoms with Gasteiger partial charge in [-0.1, -0.05) is 67.6 Å². The van der Waals surface area contributed by atoms with Crippen LogP contribution in [-0.2, 0) is 0 Å². The molecule has 3 aromatic rings. The summed E-state index contributed by atoms with van der Waals surface area (Å²) in [6, 6.07) is 23.6. The van der Waals surface area contributed by atoms with Gasteiger partial charge in [0.2, 0.25) is 0 Å². The molecule has 0 saturated heterocycles. The van der Waals surface area contributed by atoms with Crippen molar-refractivity contribution in [1.29, 1.82) is 0 Å². The summed E-state index contributed by atoms with van der Waals surface area (Å²) in [6.45, 7) is 2.10. The standard InChI is InChI=1S/C21H19NO/c1-16(15-21(23)17-9-3-2-4-10-17)18-11-5-6-12-19(18)20-13-7-8-14-22-20/h2-14,16H,15H2,1H3. The predicted octanol–water partition coefficient (Wildman–Crippen LogP) is 5.13. The van der Waals surface area contributed by atoms with E-state index in [-0.39, 0.29) is 11.7 Å². The lowest BCUT2D eigenvalue weighted by atomic mass is 9.89. The number of hydrogen-bond donors (Lipinski definition) is 0. The molecule has 3 rings (SSSR count). The third kappa shape index (κ3) is 3.54. The van der Waals surface area contributed by atoms with Crippen LogP contribution in [0.1, 0.15) is 35.2 Å². The Morgan fingerprint density at radius 2 is 1.61 bits per heavy atom. The van der Waals surface area contributed by atoms with Crippen LogP contribution in [0.4, 0.5) is 0 Å². The summed E-state index contributed by atoms with van der Waals surface area (Å²) in [7, 11) is 0. The summed E-state index contributed by atoms with van der Waals surface area (Å²) in [5.41, 5.74) is 3.98. The summed E-state index contributed by atoms with van der Waals surface area (Å²) >= 11 is 0. The Labute approximate surface area is 136 Å². The molecular formula is C21H19NO. The van der Waals surface area contributed by atoms with Crippen LogP contribution < -0.4 is 0 Å². The predicted molar refractivity (Wildman–Crippen MR) is 93.5 cm³/mol. The molecule has 2 aromatic carbocycles. The Bertz CT molecular complexity index is 781. The second kappa shape index (κ2) is 7.01. The molecule has 0 bridgehead atoms. The van der Waals surface area contributed by atoms with Gasteiger partial charge in [-0.2, -0.15) is 0 Å². The van der Waals surface area contributed by atoms with Gasteiger partial charge in [0, 0.05) is 23.7 Å². The van der Waals surface area contributed by atoms with E-state index in [1.165, 1.54) is 0 Å². The maximum Gasteiger partial charge on any atom is 0.163 e. The van der Waals surface area contributed by atoms with Gasteiger partial charge in [0.25, 0.3) is 0 Å². The highest BCUT2D eigenvalue weighted by molar-refractivity contribution is 5.96. The Morgan fingerprint density at radius 1 is 0.913 bits per heavy atom. The molecule has 0 amide bonds. The topological polar surface area (TPSA) is 30.0 Å². The minimum atomic E-state index is 0.140. The molecule has 0 spiro atoms. The van der Waals surface area contributed by atoms with E-state index in [0.717, 1.165) is 22.4 Å². The van der Waals surface area contributed by atoms with E-state index in [2.05, 4.69) is 24.0 Å². The molecule has 1 heterocycles. The lowest BCUT2D eigenvalue weighted by Gasteiger charge is -2.15. The summed E-state index contributed by atoms with van der Waals surface area (Å²) < 4.78 is 0. The first-order chi connectivity index (χ1) is 11.3. The normalized spacial score (nSPS) is 11.9. The summed E-state index contributed by atoms with van der Waals surface area (Å²) in [5, 5.41) is 0. The van der Waals surface area contributed by atoms with Crippen molar-refractivity contribution in [3.8, 4) is 11.3 Å².